The van der Waals surface area contributed by atoms with Crippen molar-refractivity contribution >= 4 is 11.6 Å². The quantitative estimate of drug-likeness (QED) is 0.518. The van der Waals surface area contributed by atoms with E-state index in [2.05, 4.69) is 33.7 Å². The van der Waals surface area contributed by atoms with Crippen LogP contribution in [0.2, 0.25) is 0 Å². The molecule has 1 aliphatic heterocycles. The summed E-state index contributed by atoms with van der Waals surface area (Å²) < 4.78 is 12.8. The molecule has 0 saturated heterocycles. The third-order valence-electron chi connectivity index (χ3n) is 4.29. The second-order valence-corrected chi connectivity index (χ2v) is 6.26. The normalized spacial score (nSPS) is 13.1. The number of rotatable bonds is 6. The van der Waals surface area contributed by atoms with E-state index < -0.39 is 0 Å². The summed E-state index contributed by atoms with van der Waals surface area (Å²) >= 11 is 0. The van der Waals surface area contributed by atoms with E-state index >= 15 is 0 Å². The van der Waals surface area contributed by atoms with E-state index in [0.29, 0.717) is 6.54 Å². The Balaban J connectivity index is 1.35. The van der Waals surface area contributed by atoms with Gasteiger partial charge in [0.1, 0.15) is 5.65 Å². The van der Waals surface area contributed by atoms with Crippen molar-refractivity contribution in [3.05, 3.63) is 60.0 Å². The fourth-order valence-corrected chi connectivity index (χ4v) is 2.97. The summed E-state index contributed by atoms with van der Waals surface area (Å²) in [4.78, 5) is 9.27. The van der Waals surface area contributed by atoms with E-state index in [1.54, 1.807) is 0 Å². The summed E-state index contributed by atoms with van der Waals surface area (Å²) in [6.07, 6.45) is 4.90. The predicted molar refractivity (Wildman–Crippen MR) is 104 cm³/mol. The Morgan fingerprint density at radius 1 is 1.19 bits per heavy atom. The molecule has 7 nitrogen and oxygen atoms in total. The molecule has 4 rings (SSSR count). The number of imidazole rings is 1. The van der Waals surface area contributed by atoms with Gasteiger partial charge in [0.2, 0.25) is 6.79 Å². The molecule has 7 heteroatoms. The van der Waals surface area contributed by atoms with Crippen molar-refractivity contribution in [2.45, 2.75) is 19.9 Å². The molecule has 0 fully saturated rings. The van der Waals surface area contributed by atoms with Gasteiger partial charge in [-0.15, -0.1) is 0 Å². The smallest absolute Gasteiger partial charge is 0.231 e. The number of fused-ring (bicyclic) bond motifs is 2. The topological polar surface area (TPSA) is 72.2 Å². The molecule has 140 valence electrons. The Bertz CT molecular complexity index is 917. The van der Waals surface area contributed by atoms with Crippen molar-refractivity contribution in [3.8, 4) is 11.5 Å². The van der Waals surface area contributed by atoms with Crippen molar-refractivity contribution < 1.29 is 9.47 Å². The van der Waals surface area contributed by atoms with Gasteiger partial charge in [0.05, 0.1) is 12.2 Å². The van der Waals surface area contributed by atoms with Gasteiger partial charge >= 0.3 is 0 Å². The van der Waals surface area contributed by atoms with Crippen LogP contribution >= 0.6 is 0 Å². The number of benzene rings is 1. The average molecular weight is 365 g/mol. The Hall–Kier alpha value is -3.22. The van der Waals surface area contributed by atoms with E-state index in [4.69, 9.17) is 9.47 Å². The summed E-state index contributed by atoms with van der Waals surface area (Å²) in [6, 6.07) is 11.9. The SMILES string of the molecule is CCNC(=NCc1ccc2c(c1)OCO2)NCCc1cn2ccccc2n1. The number of aliphatic imine (C=N–C) groups is 1. The molecule has 0 radical (unpaired) electrons. The van der Waals surface area contributed by atoms with Crippen LogP contribution in [-0.4, -0.2) is 35.2 Å². The summed E-state index contributed by atoms with van der Waals surface area (Å²) in [5.41, 5.74) is 3.10. The van der Waals surface area contributed by atoms with Gasteiger partial charge in [-0.25, -0.2) is 9.98 Å². The molecule has 3 aromatic rings. The molecule has 0 bridgehead atoms. The number of ether oxygens (including phenoxy) is 2. The van der Waals surface area contributed by atoms with E-state index in [0.717, 1.165) is 53.9 Å². The van der Waals surface area contributed by atoms with Gasteiger partial charge in [-0.1, -0.05) is 12.1 Å². The molecular weight excluding hydrogens is 342 g/mol. The van der Waals surface area contributed by atoms with E-state index in [-0.39, 0.29) is 6.79 Å². The lowest BCUT2D eigenvalue weighted by Crippen LogP contribution is -2.38. The van der Waals surface area contributed by atoms with Crippen LogP contribution in [0.25, 0.3) is 5.65 Å². The van der Waals surface area contributed by atoms with Crippen molar-refractivity contribution in [2.75, 3.05) is 19.9 Å². The second-order valence-electron chi connectivity index (χ2n) is 6.26. The number of pyridine rings is 1. The molecule has 27 heavy (non-hydrogen) atoms. The fourth-order valence-electron chi connectivity index (χ4n) is 2.97. The van der Waals surface area contributed by atoms with Crippen LogP contribution < -0.4 is 20.1 Å². The maximum Gasteiger partial charge on any atom is 0.231 e. The summed E-state index contributed by atoms with van der Waals surface area (Å²) in [5, 5.41) is 6.65. The maximum absolute atomic E-state index is 5.42. The molecule has 1 aromatic carbocycles. The van der Waals surface area contributed by atoms with Crippen LogP contribution in [-0.2, 0) is 13.0 Å². The molecule has 1 aliphatic rings. The Kier molecular flexibility index (Phi) is 5.09. The number of guanidine groups is 1. The van der Waals surface area contributed by atoms with Crippen LogP contribution in [0, 0.1) is 0 Å². The third kappa shape index (κ3) is 4.13. The first-order valence-corrected chi connectivity index (χ1v) is 9.15. The predicted octanol–water partition coefficient (Wildman–Crippen LogP) is 2.36. The van der Waals surface area contributed by atoms with Crippen molar-refractivity contribution in [2.24, 2.45) is 4.99 Å². The van der Waals surface area contributed by atoms with Crippen molar-refractivity contribution in [3.63, 3.8) is 0 Å². The summed E-state index contributed by atoms with van der Waals surface area (Å²) in [5.74, 6) is 2.37. The maximum atomic E-state index is 5.42. The number of nitrogens with one attached hydrogen (secondary N) is 2. The fraction of sp³-hybridized carbons (Fsp3) is 0.300. The standard InChI is InChI=1S/C20H23N5O2/c1-2-21-20(23-12-15-6-7-17-18(11-15)27-14-26-17)22-9-8-16-13-25-10-4-3-5-19(25)24-16/h3-7,10-11,13H,2,8-9,12,14H2,1H3,(H2,21,22,23). The highest BCUT2D eigenvalue weighted by molar-refractivity contribution is 5.79. The molecule has 0 spiro atoms. The van der Waals surface area contributed by atoms with Crippen LogP contribution in [0.15, 0.2) is 53.8 Å². The van der Waals surface area contributed by atoms with Crippen molar-refractivity contribution in [1.29, 1.82) is 0 Å². The number of aromatic nitrogens is 2. The highest BCUT2D eigenvalue weighted by Crippen LogP contribution is 2.32. The first-order chi connectivity index (χ1) is 13.3. The van der Waals surface area contributed by atoms with Gasteiger partial charge in [-0.2, -0.15) is 0 Å². The lowest BCUT2D eigenvalue weighted by Gasteiger charge is -2.10. The zero-order valence-corrected chi connectivity index (χ0v) is 15.3. The molecule has 0 saturated carbocycles. The highest BCUT2D eigenvalue weighted by Gasteiger charge is 2.13. The van der Waals surface area contributed by atoms with E-state index in [9.17, 15) is 0 Å². The van der Waals surface area contributed by atoms with Crippen LogP contribution in [0.4, 0.5) is 0 Å². The first-order valence-electron chi connectivity index (χ1n) is 9.15. The Morgan fingerprint density at radius 3 is 3.00 bits per heavy atom. The average Bonchev–Trinajstić information content (AvgIpc) is 3.31. The van der Waals surface area contributed by atoms with Gasteiger partial charge in [0.25, 0.3) is 0 Å². The minimum absolute atomic E-state index is 0.287. The zero-order valence-electron chi connectivity index (χ0n) is 15.3. The van der Waals surface area contributed by atoms with Crippen LogP contribution in [0.1, 0.15) is 18.2 Å². The molecule has 0 atom stereocenters. The first kappa shape index (κ1) is 17.2. The van der Waals surface area contributed by atoms with Gasteiger partial charge in [-0.05, 0) is 36.8 Å². The minimum atomic E-state index is 0.287. The second kappa shape index (κ2) is 7.99. The lowest BCUT2D eigenvalue weighted by molar-refractivity contribution is 0.174. The Labute approximate surface area is 158 Å². The van der Waals surface area contributed by atoms with Gasteiger partial charge in [0.15, 0.2) is 17.5 Å². The molecule has 2 aromatic heterocycles. The van der Waals surface area contributed by atoms with Gasteiger partial charge in [-0.3, -0.25) is 0 Å². The lowest BCUT2D eigenvalue weighted by atomic mass is 10.2. The summed E-state index contributed by atoms with van der Waals surface area (Å²) in [6.45, 7) is 4.48. The van der Waals surface area contributed by atoms with Crippen LogP contribution in [0.5, 0.6) is 11.5 Å². The molecular formula is C20H23N5O2. The minimum Gasteiger partial charge on any atom is -0.454 e. The number of nitrogens with zero attached hydrogens (tertiary/aromatic N) is 3. The molecule has 2 N–H and O–H groups in total. The monoisotopic (exact) mass is 365 g/mol. The van der Waals surface area contributed by atoms with E-state index in [1.165, 1.54) is 0 Å². The van der Waals surface area contributed by atoms with E-state index in [1.807, 2.05) is 47.0 Å². The summed E-state index contributed by atoms with van der Waals surface area (Å²) in [7, 11) is 0. The zero-order chi connectivity index (χ0) is 18.5. The number of hydrogen-bond donors (Lipinski definition) is 2. The molecule has 0 aliphatic carbocycles. The third-order valence-corrected chi connectivity index (χ3v) is 4.29. The largest absolute Gasteiger partial charge is 0.454 e. The molecule has 0 amide bonds. The number of hydrogen-bond acceptors (Lipinski definition) is 4. The van der Waals surface area contributed by atoms with Gasteiger partial charge in [0, 0.05) is 31.9 Å². The Morgan fingerprint density at radius 2 is 2.11 bits per heavy atom. The molecule has 3 heterocycles. The van der Waals surface area contributed by atoms with Crippen LogP contribution in [0.3, 0.4) is 0 Å². The van der Waals surface area contributed by atoms with Crippen molar-refractivity contribution in [1.82, 2.24) is 20.0 Å². The van der Waals surface area contributed by atoms with Gasteiger partial charge < -0.3 is 24.5 Å². The highest BCUT2D eigenvalue weighted by atomic mass is 16.7. The molecule has 0 unspecified atom stereocenters.